The van der Waals surface area contributed by atoms with Crippen molar-refractivity contribution in [2.45, 2.75) is 25.4 Å². The minimum Gasteiger partial charge on any atom is -0.306 e. The Balaban J connectivity index is 1.75. The van der Waals surface area contributed by atoms with Crippen molar-refractivity contribution in [2.24, 2.45) is 5.10 Å². The smallest absolute Gasteiger partial charge is 0.269 e. The van der Waals surface area contributed by atoms with Crippen LogP contribution in [0.5, 0.6) is 0 Å². The molecule has 8 heteroatoms. The summed E-state index contributed by atoms with van der Waals surface area (Å²) < 4.78 is 0. The van der Waals surface area contributed by atoms with Gasteiger partial charge in [0.2, 0.25) is 5.84 Å². The van der Waals surface area contributed by atoms with Gasteiger partial charge in [-0.25, -0.2) is 10.0 Å². The minimum atomic E-state index is -0.675. The van der Waals surface area contributed by atoms with E-state index in [1.807, 2.05) is 35.3 Å². The van der Waals surface area contributed by atoms with Gasteiger partial charge in [0.15, 0.2) is 11.4 Å². The molecule has 156 valence electrons. The van der Waals surface area contributed by atoms with E-state index in [9.17, 15) is 9.59 Å². The SMILES string of the molecule is CC(=O)C1=NN(c2ccc(Cl)cc2)C2(CCN(C)CC2)N1NC(=O)c1ccccc1. The maximum Gasteiger partial charge on any atom is 0.269 e. The Hall–Kier alpha value is -2.90. The van der Waals surface area contributed by atoms with Crippen molar-refractivity contribution in [1.29, 1.82) is 0 Å². The largest absolute Gasteiger partial charge is 0.306 e. The van der Waals surface area contributed by atoms with Gasteiger partial charge >= 0.3 is 0 Å². The highest BCUT2D eigenvalue weighted by Crippen LogP contribution is 2.40. The lowest BCUT2D eigenvalue weighted by Crippen LogP contribution is -2.66. The monoisotopic (exact) mass is 425 g/mol. The molecule has 1 amide bonds. The molecule has 2 aliphatic rings. The summed E-state index contributed by atoms with van der Waals surface area (Å²) in [5, 5.41) is 8.83. The molecule has 1 fully saturated rings. The molecule has 0 aliphatic carbocycles. The first-order chi connectivity index (χ1) is 14.4. The third kappa shape index (κ3) is 3.66. The number of hydrogen-bond donors (Lipinski definition) is 1. The number of amides is 1. The van der Waals surface area contributed by atoms with Gasteiger partial charge in [0.25, 0.3) is 5.91 Å². The zero-order valence-electron chi connectivity index (χ0n) is 17.0. The van der Waals surface area contributed by atoms with Crippen molar-refractivity contribution in [2.75, 3.05) is 25.1 Å². The van der Waals surface area contributed by atoms with Crippen molar-refractivity contribution >= 4 is 34.8 Å². The number of hydrazone groups is 1. The third-order valence-corrected chi connectivity index (χ3v) is 5.89. The van der Waals surface area contributed by atoms with E-state index in [4.69, 9.17) is 11.6 Å². The first-order valence-electron chi connectivity index (χ1n) is 9.91. The molecule has 4 rings (SSSR count). The number of ketones is 1. The number of halogens is 1. The van der Waals surface area contributed by atoms with Crippen LogP contribution in [0, 0.1) is 0 Å². The fourth-order valence-corrected chi connectivity index (χ4v) is 4.08. The number of nitrogens with zero attached hydrogens (tertiary/aromatic N) is 4. The fourth-order valence-electron chi connectivity index (χ4n) is 3.96. The number of hydrazine groups is 1. The van der Waals surface area contributed by atoms with Crippen LogP contribution in [-0.2, 0) is 4.79 Å². The summed E-state index contributed by atoms with van der Waals surface area (Å²) in [7, 11) is 2.06. The molecule has 30 heavy (non-hydrogen) atoms. The number of carbonyl (C=O) groups is 2. The summed E-state index contributed by atoms with van der Waals surface area (Å²) in [6, 6.07) is 16.3. The molecule has 2 heterocycles. The Morgan fingerprint density at radius 3 is 2.27 bits per heavy atom. The van der Waals surface area contributed by atoms with Crippen LogP contribution in [0.2, 0.25) is 5.02 Å². The van der Waals surface area contributed by atoms with Crippen LogP contribution >= 0.6 is 11.6 Å². The van der Waals surface area contributed by atoms with E-state index >= 15 is 0 Å². The maximum atomic E-state index is 13.0. The molecule has 2 aromatic rings. The van der Waals surface area contributed by atoms with Gasteiger partial charge in [-0.15, -0.1) is 5.10 Å². The van der Waals surface area contributed by atoms with Crippen LogP contribution < -0.4 is 10.4 Å². The summed E-state index contributed by atoms with van der Waals surface area (Å²) in [6.45, 7) is 3.08. The Morgan fingerprint density at radius 1 is 1.03 bits per heavy atom. The molecule has 0 aromatic heterocycles. The lowest BCUT2D eigenvalue weighted by molar-refractivity contribution is -0.112. The topological polar surface area (TPSA) is 68.2 Å². The molecule has 0 unspecified atom stereocenters. The lowest BCUT2D eigenvalue weighted by atomic mass is 9.95. The van der Waals surface area contributed by atoms with Gasteiger partial charge in [0, 0.05) is 43.4 Å². The second-order valence-electron chi connectivity index (χ2n) is 7.70. The summed E-state index contributed by atoms with van der Waals surface area (Å²) in [5.41, 5.74) is 3.64. The van der Waals surface area contributed by atoms with E-state index in [1.54, 1.807) is 29.3 Å². The first kappa shape index (κ1) is 20.4. The van der Waals surface area contributed by atoms with Crippen molar-refractivity contribution in [3.05, 3.63) is 65.2 Å². The Bertz CT molecular complexity index is 969. The fraction of sp³-hybridized carbons (Fsp3) is 0.318. The standard InChI is InChI=1S/C22H24ClN5O2/c1-16(29)20-24-27(19-10-8-18(23)9-11-19)22(12-14-26(2)15-13-22)28(20)25-21(30)17-6-4-3-5-7-17/h3-11H,12-15H2,1-2H3,(H,25,30). The van der Waals surface area contributed by atoms with Gasteiger partial charge in [-0.05, 0) is 43.4 Å². The second kappa shape index (κ2) is 8.08. The molecule has 2 aromatic carbocycles. The second-order valence-corrected chi connectivity index (χ2v) is 8.13. The van der Waals surface area contributed by atoms with Crippen LogP contribution in [0.4, 0.5) is 5.69 Å². The lowest BCUT2D eigenvalue weighted by Gasteiger charge is -2.48. The number of carbonyl (C=O) groups excluding carboxylic acids is 2. The zero-order valence-corrected chi connectivity index (χ0v) is 17.8. The van der Waals surface area contributed by atoms with Crippen molar-refractivity contribution in [3.8, 4) is 0 Å². The van der Waals surface area contributed by atoms with Crippen LogP contribution in [0.3, 0.4) is 0 Å². The van der Waals surface area contributed by atoms with Gasteiger partial charge in [-0.3, -0.25) is 15.0 Å². The Labute approximate surface area is 180 Å². The van der Waals surface area contributed by atoms with Gasteiger partial charge in [-0.1, -0.05) is 29.8 Å². The average molecular weight is 426 g/mol. The number of nitrogens with one attached hydrogen (secondary N) is 1. The van der Waals surface area contributed by atoms with E-state index in [0.29, 0.717) is 23.4 Å². The Kier molecular flexibility index (Phi) is 5.49. The quantitative estimate of drug-likeness (QED) is 0.815. The molecule has 2 aliphatic heterocycles. The van der Waals surface area contributed by atoms with Crippen LogP contribution in [0.15, 0.2) is 59.7 Å². The van der Waals surface area contributed by atoms with E-state index in [2.05, 4.69) is 22.5 Å². The molecular weight excluding hydrogens is 402 g/mol. The van der Waals surface area contributed by atoms with Gasteiger partial charge < -0.3 is 4.90 Å². The van der Waals surface area contributed by atoms with Crippen molar-refractivity contribution in [3.63, 3.8) is 0 Å². The number of anilines is 1. The minimum absolute atomic E-state index is 0.210. The zero-order chi connectivity index (χ0) is 21.3. The number of amidine groups is 1. The Morgan fingerprint density at radius 2 is 1.67 bits per heavy atom. The molecule has 0 atom stereocenters. The number of likely N-dealkylation sites (tertiary alicyclic amines) is 1. The summed E-state index contributed by atoms with van der Waals surface area (Å²) in [4.78, 5) is 27.7. The molecule has 0 saturated carbocycles. The van der Waals surface area contributed by atoms with E-state index in [1.165, 1.54) is 6.92 Å². The molecule has 7 nitrogen and oxygen atoms in total. The number of rotatable bonds is 4. The highest BCUT2D eigenvalue weighted by Gasteiger charge is 2.52. The summed E-state index contributed by atoms with van der Waals surface area (Å²) in [6.07, 6.45) is 1.39. The van der Waals surface area contributed by atoms with Crippen molar-refractivity contribution in [1.82, 2.24) is 15.3 Å². The summed E-state index contributed by atoms with van der Waals surface area (Å²) >= 11 is 6.08. The maximum absolute atomic E-state index is 13.0. The van der Waals surface area contributed by atoms with Gasteiger partial charge in [-0.2, -0.15) is 0 Å². The average Bonchev–Trinajstić information content (AvgIpc) is 3.05. The number of benzene rings is 2. The van der Waals surface area contributed by atoms with Gasteiger partial charge in [0.1, 0.15) is 0 Å². The van der Waals surface area contributed by atoms with Crippen molar-refractivity contribution < 1.29 is 9.59 Å². The first-order valence-corrected chi connectivity index (χ1v) is 10.3. The molecule has 0 bridgehead atoms. The van der Waals surface area contributed by atoms with Crippen LogP contribution in [-0.4, -0.2) is 53.2 Å². The normalized spacial score (nSPS) is 18.4. The highest BCUT2D eigenvalue weighted by molar-refractivity contribution is 6.39. The number of Topliss-reactive ketones (excluding diaryl/α,β-unsaturated/α-hetero) is 1. The van der Waals surface area contributed by atoms with E-state index in [0.717, 1.165) is 18.8 Å². The molecular formula is C22H24ClN5O2. The molecule has 1 spiro atoms. The van der Waals surface area contributed by atoms with E-state index < -0.39 is 5.66 Å². The molecule has 0 radical (unpaired) electrons. The van der Waals surface area contributed by atoms with E-state index in [-0.39, 0.29) is 17.5 Å². The predicted molar refractivity (Wildman–Crippen MR) is 117 cm³/mol. The number of piperidine rings is 1. The predicted octanol–water partition coefficient (Wildman–Crippen LogP) is 3.13. The highest BCUT2D eigenvalue weighted by atomic mass is 35.5. The van der Waals surface area contributed by atoms with Crippen LogP contribution in [0.25, 0.3) is 0 Å². The molecule has 1 N–H and O–H groups in total. The van der Waals surface area contributed by atoms with Gasteiger partial charge in [0.05, 0.1) is 5.69 Å². The molecule has 1 saturated heterocycles. The summed E-state index contributed by atoms with van der Waals surface area (Å²) in [5.74, 6) is -0.266. The van der Waals surface area contributed by atoms with Crippen LogP contribution in [0.1, 0.15) is 30.1 Å². The number of hydrogen-bond acceptors (Lipinski definition) is 6. The third-order valence-electron chi connectivity index (χ3n) is 5.64.